The van der Waals surface area contributed by atoms with Gasteiger partial charge in [-0.1, -0.05) is 23.2 Å². The van der Waals surface area contributed by atoms with E-state index < -0.39 is 5.60 Å². The third-order valence-electron chi connectivity index (χ3n) is 6.74. The third-order valence-corrected chi connectivity index (χ3v) is 7.27. The molecule has 1 aromatic carbocycles. The Balaban J connectivity index is 1.35. The molecule has 2 amide bonds. The molecular weight excluding hydrogens is 503 g/mol. The number of nitrogens with one attached hydrogen (secondary N) is 2. The van der Waals surface area contributed by atoms with Gasteiger partial charge in [0.05, 0.1) is 17.2 Å². The van der Waals surface area contributed by atoms with Crippen molar-refractivity contribution >= 4 is 40.8 Å². The SMILES string of the molecule is COCCNC(=O)c1ccc(N2[C@@H]3CC[C@H]2CC(NC(=O)C(C)(C)Oc2ccc(Cl)cc2Cl)C3)nc1. The molecule has 0 spiro atoms. The molecule has 0 aliphatic carbocycles. The largest absolute Gasteiger partial charge is 0.476 e. The van der Waals surface area contributed by atoms with Gasteiger partial charge in [0.2, 0.25) is 0 Å². The number of hydrogen-bond acceptors (Lipinski definition) is 6. The molecule has 10 heteroatoms. The van der Waals surface area contributed by atoms with Crippen LogP contribution < -0.4 is 20.3 Å². The second kappa shape index (κ2) is 11.2. The molecule has 2 bridgehead atoms. The molecule has 1 aromatic heterocycles. The molecule has 4 rings (SSSR count). The van der Waals surface area contributed by atoms with Crippen molar-refractivity contribution < 1.29 is 19.1 Å². The van der Waals surface area contributed by atoms with Crippen LogP contribution in [0.1, 0.15) is 49.9 Å². The van der Waals surface area contributed by atoms with Crippen molar-refractivity contribution in [3.8, 4) is 5.75 Å². The van der Waals surface area contributed by atoms with Crippen molar-refractivity contribution in [3.05, 3.63) is 52.1 Å². The molecule has 8 nitrogen and oxygen atoms in total. The first-order chi connectivity index (χ1) is 17.2. The molecule has 36 heavy (non-hydrogen) atoms. The van der Waals surface area contributed by atoms with E-state index in [1.807, 2.05) is 6.07 Å². The molecule has 0 radical (unpaired) electrons. The fourth-order valence-electron chi connectivity index (χ4n) is 4.95. The number of amides is 2. The van der Waals surface area contributed by atoms with Gasteiger partial charge >= 0.3 is 0 Å². The van der Waals surface area contributed by atoms with Crippen LogP contribution in [0, 0.1) is 0 Å². The zero-order valence-electron chi connectivity index (χ0n) is 20.7. The Morgan fingerprint density at radius 1 is 1.14 bits per heavy atom. The second-order valence-corrected chi connectivity index (χ2v) is 10.6. The molecule has 2 aliphatic rings. The highest BCUT2D eigenvalue weighted by atomic mass is 35.5. The van der Waals surface area contributed by atoms with Crippen LogP contribution in [0.15, 0.2) is 36.5 Å². The fourth-order valence-corrected chi connectivity index (χ4v) is 5.40. The van der Waals surface area contributed by atoms with E-state index in [0.717, 1.165) is 31.5 Å². The number of halogens is 2. The Labute approximate surface area is 221 Å². The lowest BCUT2D eigenvalue weighted by atomic mass is 9.96. The number of ether oxygens (including phenoxy) is 2. The van der Waals surface area contributed by atoms with Crippen molar-refractivity contribution in [1.82, 2.24) is 15.6 Å². The molecule has 194 valence electrons. The molecule has 2 saturated heterocycles. The van der Waals surface area contributed by atoms with E-state index in [9.17, 15) is 9.59 Å². The number of anilines is 1. The lowest BCUT2D eigenvalue weighted by Crippen LogP contribution is -2.55. The van der Waals surface area contributed by atoms with E-state index >= 15 is 0 Å². The lowest BCUT2D eigenvalue weighted by Gasteiger charge is -2.40. The predicted octanol–water partition coefficient (Wildman–Crippen LogP) is 4.24. The molecule has 0 saturated carbocycles. The summed E-state index contributed by atoms with van der Waals surface area (Å²) in [7, 11) is 1.59. The number of nitrogens with zero attached hydrogens (tertiary/aromatic N) is 2. The quantitative estimate of drug-likeness (QED) is 0.467. The van der Waals surface area contributed by atoms with Crippen LogP contribution in [0.4, 0.5) is 5.82 Å². The number of aromatic nitrogens is 1. The monoisotopic (exact) mass is 534 g/mol. The Bertz CT molecular complexity index is 1080. The van der Waals surface area contributed by atoms with Crippen molar-refractivity contribution in [1.29, 1.82) is 0 Å². The standard InChI is InChI=1S/C26H32Cl2N4O4/c1-26(2,36-22-8-5-17(27)12-21(22)28)25(34)31-18-13-19-6-7-20(14-18)32(19)23-9-4-16(15-30-23)24(33)29-10-11-35-3/h4-5,8-9,12,15,18-20H,6-7,10-11,13-14H2,1-3H3,(H,29,33)(H,31,34)/t18?,19-,20+. The molecular formula is C26H32Cl2N4O4. The van der Waals surface area contributed by atoms with Gasteiger partial charge in [0.1, 0.15) is 11.6 Å². The first kappa shape index (κ1) is 26.5. The summed E-state index contributed by atoms with van der Waals surface area (Å²) in [5.41, 5.74) is -0.582. The van der Waals surface area contributed by atoms with Crippen LogP contribution in [0.5, 0.6) is 5.75 Å². The minimum Gasteiger partial charge on any atom is -0.476 e. The number of hydrogen-bond donors (Lipinski definition) is 2. The normalized spacial score (nSPS) is 21.2. The van der Waals surface area contributed by atoms with Crippen molar-refractivity contribution in [3.63, 3.8) is 0 Å². The number of piperidine rings is 1. The van der Waals surface area contributed by atoms with E-state index in [4.69, 9.17) is 32.7 Å². The molecule has 3 heterocycles. The van der Waals surface area contributed by atoms with Gasteiger partial charge in [-0.3, -0.25) is 9.59 Å². The summed E-state index contributed by atoms with van der Waals surface area (Å²) in [4.78, 5) is 32.3. The topological polar surface area (TPSA) is 92.8 Å². The van der Waals surface area contributed by atoms with Crippen LogP contribution >= 0.6 is 23.2 Å². The van der Waals surface area contributed by atoms with Gasteiger partial charge in [-0.2, -0.15) is 0 Å². The van der Waals surface area contributed by atoms with Crippen molar-refractivity contribution in [2.45, 2.75) is 63.3 Å². The zero-order valence-corrected chi connectivity index (χ0v) is 22.2. The van der Waals surface area contributed by atoms with Crippen LogP contribution in [-0.2, 0) is 9.53 Å². The van der Waals surface area contributed by atoms with Gasteiger partial charge in [0.15, 0.2) is 5.60 Å². The van der Waals surface area contributed by atoms with E-state index in [1.165, 1.54) is 0 Å². The van der Waals surface area contributed by atoms with Crippen LogP contribution in [0.2, 0.25) is 10.0 Å². The highest BCUT2D eigenvalue weighted by molar-refractivity contribution is 6.35. The van der Waals surface area contributed by atoms with Gasteiger partial charge < -0.3 is 25.0 Å². The summed E-state index contributed by atoms with van der Waals surface area (Å²) in [5, 5.41) is 6.86. The molecule has 1 unspecified atom stereocenters. The molecule has 3 atom stereocenters. The summed E-state index contributed by atoms with van der Waals surface area (Å²) in [6.07, 6.45) is 5.34. The average molecular weight is 535 g/mol. The summed E-state index contributed by atoms with van der Waals surface area (Å²) in [6, 6.07) is 9.24. The summed E-state index contributed by atoms with van der Waals surface area (Å²) in [6.45, 7) is 4.38. The van der Waals surface area contributed by atoms with Gasteiger partial charge in [-0.05, 0) is 69.9 Å². The van der Waals surface area contributed by atoms with E-state index in [0.29, 0.717) is 34.5 Å². The summed E-state index contributed by atoms with van der Waals surface area (Å²) < 4.78 is 10.9. The number of pyridine rings is 1. The maximum absolute atomic E-state index is 13.1. The Morgan fingerprint density at radius 3 is 2.47 bits per heavy atom. The number of rotatable bonds is 9. The summed E-state index contributed by atoms with van der Waals surface area (Å²) >= 11 is 12.2. The van der Waals surface area contributed by atoms with E-state index in [1.54, 1.807) is 51.4 Å². The van der Waals surface area contributed by atoms with Gasteiger partial charge in [0.25, 0.3) is 11.8 Å². The first-order valence-corrected chi connectivity index (χ1v) is 12.9. The Hall–Kier alpha value is -2.55. The van der Waals surface area contributed by atoms with Crippen LogP contribution in [0.25, 0.3) is 0 Å². The molecule has 2 N–H and O–H groups in total. The first-order valence-electron chi connectivity index (χ1n) is 12.1. The highest BCUT2D eigenvalue weighted by Gasteiger charge is 2.43. The smallest absolute Gasteiger partial charge is 0.263 e. The average Bonchev–Trinajstić information content (AvgIpc) is 3.11. The number of benzene rings is 1. The van der Waals surface area contributed by atoms with E-state index in [2.05, 4.69) is 20.5 Å². The lowest BCUT2D eigenvalue weighted by molar-refractivity contribution is -0.135. The zero-order chi connectivity index (χ0) is 25.9. The van der Waals surface area contributed by atoms with Crippen LogP contribution in [0.3, 0.4) is 0 Å². The second-order valence-electron chi connectivity index (χ2n) is 9.77. The minimum atomic E-state index is -1.10. The molecule has 2 fully saturated rings. The van der Waals surface area contributed by atoms with Crippen LogP contribution in [-0.4, -0.2) is 60.8 Å². The molecule has 2 aromatic rings. The fraction of sp³-hybridized carbons (Fsp3) is 0.500. The van der Waals surface area contributed by atoms with E-state index in [-0.39, 0.29) is 29.9 Å². The number of carbonyl (C=O) groups is 2. The minimum absolute atomic E-state index is 0.0423. The summed E-state index contributed by atoms with van der Waals surface area (Å²) in [5.74, 6) is 0.924. The Kier molecular flexibility index (Phi) is 8.27. The number of carbonyl (C=O) groups excluding carboxylic acids is 2. The number of methoxy groups -OCH3 is 1. The highest BCUT2D eigenvalue weighted by Crippen LogP contribution is 2.39. The molecule has 2 aliphatic heterocycles. The third kappa shape index (κ3) is 6.05. The maximum Gasteiger partial charge on any atom is 0.263 e. The Morgan fingerprint density at radius 2 is 1.86 bits per heavy atom. The van der Waals surface area contributed by atoms with Crippen molar-refractivity contribution in [2.75, 3.05) is 25.2 Å². The number of fused-ring (bicyclic) bond motifs is 2. The van der Waals surface area contributed by atoms with Gasteiger partial charge in [0, 0.05) is 43.0 Å². The predicted molar refractivity (Wildman–Crippen MR) is 140 cm³/mol. The van der Waals surface area contributed by atoms with Gasteiger partial charge in [-0.25, -0.2) is 4.98 Å². The van der Waals surface area contributed by atoms with Crippen molar-refractivity contribution in [2.24, 2.45) is 0 Å². The maximum atomic E-state index is 13.1. The van der Waals surface area contributed by atoms with Gasteiger partial charge in [-0.15, -0.1) is 0 Å².